The maximum Gasteiger partial charge on any atom is 0.416 e. The van der Waals surface area contributed by atoms with Crippen molar-refractivity contribution in [1.29, 1.82) is 0 Å². The number of allylic oxidation sites excluding steroid dienone is 6. The molecule has 0 aromatic heterocycles. The maximum absolute atomic E-state index is 12.6. The Kier molecular flexibility index (Phi) is 9.64. The van der Waals surface area contributed by atoms with Gasteiger partial charge in [0, 0.05) is 12.8 Å². The van der Waals surface area contributed by atoms with Crippen LogP contribution in [0.25, 0.3) is 0 Å². The number of hydrogen-bond acceptors (Lipinski definition) is 4. The highest BCUT2D eigenvalue weighted by molar-refractivity contribution is 5.92. The summed E-state index contributed by atoms with van der Waals surface area (Å²) in [6, 6.07) is 4.90. The lowest BCUT2D eigenvalue weighted by atomic mass is 10.0. The van der Waals surface area contributed by atoms with Crippen LogP contribution < -0.4 is 0 Å². The Balaban J connectivity index is 2.38. The number of methoxy groups -OCH3 is 1. The highest BCUT2D eigenvalue weighted by Gasteiger charge is 2.30. The minimum absolute atomic E-state index is 0.0175. The number of alkyl halides is 3. The van der Waals surface area contributed by atoms with E-state index in [0.717, 1.165) is 12.1 Å². The van der Waals surface area contributed by atoms with Gasteiger partial charge >= 0.3 is 12.1 Å². The van der Waals surface area contributed by atoms with Crippen LogP contribution in [0.15, 0.2) is 60.7 Å². The molecule has 1 aromatic carbocycles. The minimum atomic E-state index is -4.40. The highest BCUT2D eigenvalue weighted by Crippen LogP contribution is 2.29. The van der Waals surface area contributed by atoms with E-state index in [4.69, 9.17) is 0 Å². The molecule has 0 bridgehead atoms. The summed E-state index contributed by atoms with van der Waals surface area (Å²) in [7, 11) is 1.25. The van der Waals surface area contributed by atoms with Crippen molar-refractivity contribution in [1.82, 2.24) is 0 Å². The van der Waals surface area contributed by atoms with Gasteiger partial charge in [0.15, 0.2) is 11.6 Å². The van der Waals surface area contributed by atoms with Gasteiger partial charge < -0.3 is 4.74 Å². The van der Waals surface area contributed by atoms with Crippen LogP contribution in [-0.2, 0) is 31.7 Å². The van der Waals surface area contributed by atoms with Crippen molar-refractivity contribution >= 4 is 17.5 Å². The molecular weight excluding hydrogens is 373 g/mol. The molecule has 0 spiro atoms. The average Bonchev–Trinajstić information content (AvgIpc) is 2.66. The van der Waals surface area contributed by atoms with Crippen molar-refractivity contribution in [2.24, 2.45) is 0 Å². The van der Waals surface area contributed by atoms with Crippen LogP contribution in [0.2, 0.25) is 0 Å². The zero-order valence-corrected chi connectivity index (χ0v) is 15.4. The first-order chi connectivity index (χ1) is 13.2. The van der Waals surface area contributed by atoms with Gasteiger partial charge in [-0.1, -0.05) is 42.5 Å². The van der Waals surface area contributed by atoms with E-state index in [9.17, 15) is 27.6 Å². The molecule has 0 saturated carbocycles. The molecule has 0 amide bonds. The van der Waals surface area contributed by atoms with Crippen molar-refractivity contribution in [3.63, 3.8) is 0 Å². The second kappa shape index (κ2) is 11.7. The Bertz CT molecular complexity index is 774. The SMILES string of the molecule is COC(=O)CCC(=O)C=CC=CC=CC(=O)CCc1cccc(C(F)(F)F)c1. The van der Waals surface area contributed by atoms with Gasteiger partial charge in [0.05, 0.1) is 19.1 Å². The number of carbonyl (C=O) groups is 3. The number of rotatable bonds is 10. The van der Waals surface area contributed by atoms with E-state index in [1.165, 1.54) is 37.5 Å². The summed E-state index contributed by atoms with van der Waals surface area (Å²) in [5, 5.41) is 0. The minimum Gasteiger partial charge on any atom is -0.469 e. The molecule has 0 heterocycles. The molecule has 0 unspecified atom stereocenters. The Labute approximate surface area is 161 Å². The number of hydrogen-bond donors (Lipinski definition) is 0. The van der Waals surface area contributed by atoms with E-state index < -0.39 is 17.7 Å². The van der Waals surface area contributed by atoms with E-state index in [-0.39, 0.29) is 37.2 Å². The maximum atomic E-state index is 12.6. The average molecular weight is 394 g/mol. The summed E-state index contributed by atoms with van der Waals surface area (Å²) in [5.74, 6) is -0.903. The Morgan fingerprint density at radius 3 is 2.11 bits per heavy atom. The van der Waals surface area contributed by atoms with Crippen LogP contribution in [0.1, 0.15) is 30.4 Å². The predicted octanol–water partition coefficient (Wildman–Crippen LogP) is 4.40. The van der Waals surface area contributed by atoms with Crippen LogP contribution in [0.3, 0.4) is 0 Å². The molecule has 0 saturated heterocycles. The lowest BCUT2D eigenvalue weighted by Gasteiger charge is -2.08. The highest BCUT2D eigenvalue weighted by atomic mass is 19.4. The normalized spacial score (nSPS) is 12.1. The van der Waals surface area contributed by atoms with E-state index in [1.54, 1.807) is 18.2 Å². The predicted molar refractivity (Wildman–Crippen MR) is 98.4 cm³/mol. The first kappa shape index (κ1) is 23.1. The quantitative estimate of drug-likeness (QED) is 0.335. The van der Waals surface area contributed by atoms with Crippen LogP contribution in [-0.4, -0.2) is 24.6 Å². The number of ether oxygens (including phenoxy) is 1. The van der Waals surface area contributed by atoms with Crippen LogP contribution in [0.5, 0.6) is 0 Å². The summed E-state index contributed by atoms with van der Waals surface area (Å²) in [5.41, 5.74) is -0.288. The van der Waals surface area contributed by atoms with Crippen molar-refractivity contribution < 1.29 is 32.3 Å². The fraction of sp³-hybridized carbons (Fsp3) is 0.286. The molecule has 0 N–H and O–H groups in total. The molecule has 0 fully saturated rings. The molecule has 1 aromatic rings. The van der Waals surface area contributed by atoms with Gasteiger partial charge in [0.2, 0.25) is 0 Å². The third-order valence-electron chi connectivity index (χ3n) is 3.62. The number of ketones is 2. The van der Waals surface area contributed by atoms with Gasteiger partial charge in [-0.15, -0.1) is 0 Å². The number of benzene rings is 1. The standard InChI is InChI=1S/C21H21F3O4/c1-28-20(27)14-13-19(26)10-5-3-2-4-9-18(25)12-11-16-7-6-8-17(15-16)21(22,23)24/h2-10,15H,11-14H2,1H3. The first-order valence-corrected chi connectivity index (χ1v) is 8.52. The first-order valence-electron chi connectivity index (χ1n) is 8.52. The molecule has 0 aliphatic rings. The van der Waals surface area contributed by atoms with Crippen LogP contribution >= 0.6 is 0 Å². The molecule has 0 atom stereocenters. The van der Waals surface area contributed by atoms with E-state index in [2.05, 4.69) is 4.74 Å². The molecule has 7 heteroatoms. The third kappa shape index (κ3) is 9.66. The molecule has 0 radical (unpaired) electrons. The molecule has 150 valence electrons. The van der Waals surface area contributed by atoms with Crippen molar-refractivity contribution in [3.05, 3.63) is 71.8 Å². The summed E-state index contributed by atoms with van der Waals surface area (Å²) >= 11 is 0. The van der Waals surface area contributed by atoms with Gasteiger partial charge in [-0.05, 0) is 30.2 Å². The van der Waals surface area contributed by atoms with E-state index >= 15 is 0 Å². The Morgan fingerprint density at radius 1 is 0.929 bits per heavy atom. The molecular formula is C21H21F3O4. The zero-order valence-electron chi connectivity index (χ0n) is 15.4. The third-order valence-corrected chi connectivity index (χ3v) is 3.62. The van der Waals surface area contributed by atoms with Gasteiger partial charge in [-0.25, -0.2) is 0 Å². The lowest BCUT2D eigenvalue weighted by molar-refractivity contribution is -0.141. The number of halogens is 3. The summed E-state index contributed by atoms with van der Waals surface area (Å²) in [6.07, 6.45) is 4.66. The topological polar surface area (TPSA) is 60.4 Å². The fourth-order valence-electron chi connectivity index (χ4n) is 2.12. The van der Waals surface area contributed by atoms with Crippen LogP contribution in [0, 0.1) is 0 Å². The number of esters is 1. The van der Waals surface area contributed by atoms with Gasteiger partial charge in [-0.2, -0.15) is 13.2 Å². The lowest BCUT2D eigenvalue weighted by Crippen LogP contribution is -2.05. The second-order valence-corrected chi connectivity index (χ2v) is 5.81. The summed E-state index contributed by atoms with van der Waals surface area (Å²) in [4.78, 5) is 34.1. The smallest absolute Gasteiger partial charge is 0.416 e. The Hall–Kier alpha value is -2.96. The van der Waals surface area contributed by atoms with Gasteiger partial charge in [0.1, 0.15) is 0 Å². The fourth-order valence-corrected chi connectivity index (χ4v) is 2.12. The summed E-state index contributed by atoms with van der Waals surface area (Å²) in [6.45, 7) is 0. The van der Waals surface area contributed by atoms with E-state index in [1.807, 2.05) is 0 Å². The van der Waals surface area contributed by atoms with Crippen molar-refractivity contribution in [2.45, 2.75) is 31.9 Å². The van der Waals surface area contributed by atoms with Gasteiger partial charge in [0.25, 0.3) is 0 Å². The molecule has 0 aliphatic heterocycles. The van der Waals surface area contributed by atoms with Crippen LogP contribution in [0.4, 0.5) is 13.2 Å². The molecule has 0 aliphatic carbocycles. The van der Waals surface area contributed by atoms with E-state index in [0.29, 0.717) is 5.56 Å². The molecule has 1 rings (SSSR count). The monoisotopic (exact) mass is 394 g/mol. The Morgan fingerprint density at radius 2 is 1.54 bits per heavy atom. The van der Waals surface area contributed by atoms with Crippen molar-refractivity contribution in [2.75, 3.05) is 7.11 Å². The molecule has 28 heavy (non-hydrogen) atoms. The van der Waals surface area contributed by atoms with Gasteiger partial charge in [-0.3, -0.25) is 14.4 Å². The largest absolute Gasteiger partial charge is 0.469 e. The number of carbonyl (C=O) groups excluding carboxylic acids is 3. The number of aryl methyl sites for hydroxylation is 1. The van der Waals surface area contributed by atoms with Crippen molar-refractivity contribution in [3.8, 4) is 0 Å². The second-order valence-electron chi connectivity index (χ2n) is 5.81. The molecule has 4 nitrogen and oxygen atoms in total. The zero-order chi connectivity index (χ0) is 21.0. The summed E-state index contributed by atoms with van der Waals surface area (Å²) < 4.78 is 42.4.